The maximum absolute atomic E-state index is 6.28. The molecular formula is C58H39NO. The summed E-state index contributed by atoms with van der Waals surface area (Å²) in [6, 6.07) is 84.8. The molecule has 0 radical (unpaired) electrons. The lowest BCUT2D eigenvalue weighted by molar-refractivity contribution is 0.632. The molecule has 11 aromatic rings. The second-order valence-electron chi connectivity index (χ2n) is 15.3. The van der Waals surface area contributed by atoms with Crippen LogP contribution in [0.3, 0.4) is 0 Å². The number of furan rings is 1. The molecule has 2 nitrogen and oxygen atoms in total. The fraction of sp³-hybridized carbons (Fsp3) is 0. The molecule has 1 aromatic heterocycles. The zero-order valence-corrected chi connectivity index (χ0v) is 32.9. The van der Waals surface area contributed by atoms with Gasteiger partial charge in [-0.25, -0.2) is 0 Å². The zero-order chi connectivity index (χ0) is 39.8. The summed E-state index contributed by atoms with van der Waals surface area (Å²) < 4.78 is 6.28. The molecule has 0 N–H and O–H groups in total. The first-order chi connectivity index (χ1) is 29.7. The van der Waals surface area contributed by atoms with Crippen molar-refractivity contribution < 1.29 is 4.42 Å². The summed E-state index contributed by atoms with van der Waals surface area (Å²) in [5.41, 5.74) is 14.7. The Morgan fingerprint density at radius 3 is 1.52 bits per heavy atom. The minimum Gasteiger partial charge on any atom is -0.456 e. The van der Waals surface area contributed by atoms with Crippen molar-refractivity contribution in [3.8, 4) is 55.8 Å². The Morgan fingerprint density at radius 1 is 0.267 bits per heavy atom. The van der Waals surface area contributed by atoms with Gasteiger partial charge in [-0.1, -0.05) is 182 Å². The summed E-state index contributed by atoms with van der Waals surface area (Å²) in [7, 11) is 0. The van der Waals surface area contributed by atoms with E-state index in [4.69, 9.17) is 4.42 Å². The van der Waals surface area contributed by atoms with Crippen LogP contribution < -0.4 is 4.90 Å². The molecule has 0 amide bonds. The van der Waals surface area contributed by atoms with E-state index in [1.165, 1.54) is 43.8 Å². The van der Waals surface area contributed by atoms with E-state index in [1.54, 1.807) is 0 Å². The molecular weight excluding hydrogens is 727 g/mol. The molecule has 2 heteroatoms. The number of benzene rings is 10. The maximum Gasteiger partial charge on any atom is 0.136 e. The van der Waals surface area contributed by atoms with Crippen LogP contribution in [0.1, 0.15) is 0 Å². The number of anilines is 3. The molecule has 60 heavy (non-hydrogen) atoms. The first kappa shape index (κ1) is 35.2. The van der Waals surface area contributed by atoms with Gasteiger partial charge in [-0.3, -0.25) is 0 Å². The minimum absolute atomic E-state index is 0.877. The van der Waals surface area contributed by atoms with Gasteiger partial charge >= 0.3 is 0 Å². The molecule has 0 fully saturated rings. The largest absolute Gasteiger partial charge is 0.456 e. The number of nitrogens with zero attached hydrogens (tertiary/aromatic N) is 1. The van der Waals surface area contributed by atoms with Gasteiger partial charge < -0.3 is 9.32 Å². The van der Waals surface area contributed by atoms with Crippen LogP contribution in [0.5, 0.6) is 0 Å². The second-order valence-corrected chi connectivity index (χ2v) is 15.3. The first-order valence-electron chi connectivity index (χ1n) is 20.5. The molecule has 1 heterocycles. The second kappa shape index (κ2) is 15.1. The van der Waals surface area contributed by atoms with E-state index in [1.807, 2.05) is 18.2 Å². The summed E-state index contributed by atoms with van der Waals surface area (Å²) in [6.07, 6.45) is 0. The van der Waals surface area contributed by atoms with E-state index >= 15 is 0 Å². The summed E-state index contributed by atoms with van der Waals surface area (Å²) in [5.74, 6) is 0.877. The molecule has 10 aromatic carbocycles. The number of hydrogen-bond acceptors (Lipinski definition) is 2. The van der Waals surface area contributed by atoms with Crippen molar-refractivity contribution >= 4 is 49.6 Å². The summed E-state index contributed by atoms with van der Waals surface area (Å²) in [5, 5.41) is 6.17. The molecule has 11 rings (SSSR count). The fourth-order valence-electron chi connectivity index (χ4n) is 8.70. The molecule has 0 unspecified atom stereocenters. The monoisotopic (exact) mass is 765 g/mol. The summed E-state index contributed by atoms with van der Waals surface area (Å²) >= 11 is 0. The van der Waals surface area contributed by atoms with Crippen molar-refractivity contribution in [3.63, 3.8) is 0 Å². The van der Waals surface area contributed by atoms with Crippen molar-refractivity contribution in [2.24, 2.45) is 0 Å². The van der Waals surface area contributed by atoms with E-state index in [2.05, 4.69) is 223 Å². The highest BCUT2D eigenvalue weighted by Gasteiger charge is 2.17. The van der Waals surface area contributed by atoms with Crippen LogP contribution in [0.4, 0.5) is 17.1 Å². The Kier molecular flexibility index (Phi) is 8.87. The van der Waals surface area contributed by atoms with Gasteiger partial charge in [0.2, 0.25) is 0 Å². The van der Waals surface area contributed by atoms with Crippen molar-refractivity contribution in [2.75, 3.05) is 4.90 Å². The number of fused-ring (bicyclic) bond motifs is 4. The van der Waals surface area contributed by atoms with Crippen LogP contribution in [0, 0.1) is 0 Å². The molecule has 0 saturated heterocycles. The lowest BCUT2D eigenvalue weighted by Crippen LogP contribution is -2.10. The van der Waals surface area contributed by atoms with Crippen LogP contribution in [0.2, 0.25) is 0 Å². The Morgan fingerprint density at radius 2 is 0.783 bits per heavy atom. The van der Waals surface area contributed by atoms with E-state index < -0.39 is 0 Å². The smallest absolute Gasteiger partial charge is 0.136 e. The van der Waals surface area contributed by atoms with Gasteiger partial charge in [0, 0.05) is 28.0 Å². The Labute approximate surface area is 349 Å². The van der Waals surface area contributed by atoms with Crippen molar-refractivity contribution in [2.45, 2.75) is 0 Å². The molecule has 0 spiro atoms. The van der Waals surface area contributed by atoms with Crippen LogP contribution in [-0.4, -0.2) is 0 Å². The van der Waals surface area contributed by atoms with Gasteiger partial charge in [0.15, 0.2) is 0 Å². The maximum atomic E-state index is 6.28. The topological polar surface area (TPSA) is 16.4 Å². The molecule has 0 bridgehead atoms. The molecule has 0 aliphatic heterocycles. The van der Waals surface area contributed by atoms with Gasteiger partial charge in [-0.05, 0) is 121 Å². The lowest BCUT2D eigenvalue weighted by Gasteiger charge is -2.26. The van der Waals surface area contributed by atoms with Crippen molar-refractivity contribution in [3.05, 3.63) is 237 Å². The highest BCUT2D eigenvalue weighted by atomic mass is 16.3. The van der Waals surface area contributed by atoms with E-state index in [0.29, 0.717) is 0 Å². The Balaban J connectivity index is 0.943. The Bertz CT molecular complexity index is 3260. The quantitative estimate of drug-likeness (QED) is 0.143. The first-order valence-corrected chi connectivity index (χ1v) is 20.5. The minimum atomic E-state index is 0.877. The van der Waals surface area contributed by atoms with Gasteiger partial charge in [-0.15, -0.1) is 0 Å². The van der Waals surface area contributed by atoms with Gasteiger partial charge in [0.25, 0.3) is 0 Å². The number of para-hydroxylation sites is 1. The third-order valence-corrected chi connectivity index (χ3v) is 11.7. The normalized spacial score (nSPS) is 11.3. The highest BCUT2D eigenvalue weighted by Crippen LogP contribution is 2.41. The van der Waals surface area contributed by atoms with E-state index in [9.17, 15) is 0 Å². The summed E-state index contributed by atoms with van der Waals surface area (Å²) in [6.45, 7) is 0. The molecule has 0 saturated carbocycles. The molecule has 282 valence electrons. The van der Waals surface area contributed by atoms with Gasteiger partial charge in [0.1, 0.15) is 11.3 Å². The van der Waals surface area contributed by atoms with Crippen LogP contribution in [-0.2, 0) is 0 Å². The fourth-order valence-corrected chi connectivity index (χ4v) is 8.70. The van der Waals surface area contributed by atoms with Crippen molar-refractivity contribution in [1.82, 2.24) is 0 Å². The number of hydrogen-bond donors (Lipinski definition) is 0. The van der Waals surface area contributed by atoms with Crippen molar-refractivity contribution in [1.29, 1.82) is 0 Å². The predicted molar refractivity (Wildman–Crippen MR) is 253 cm³/mol. The highest BCUT2D eigenvalue weighted by molar-refractivity contribution is 6.13. The third-order valence-electron chi connectivity index (χ3n) is 11.7. The third kappa shape index (κ3) is 6.51. The Hall–Kier alpha value is -7.94. The van der Waals surface area contributed by atoms with E-state index in [0.717, 1.165) is 61.6 Å². The molecule has 0 atom stereocenters. The average molecular weight is 766 g/mol. The van der Waals surface area contributed by atoms with Crippen LogP contribution in [0.15, 0.2) is 241 Å². The van der Waals surface area contributed by atoms with Crippen LogP contribution in [0.25, 0.3) is 88.3 Å². The summed E-state index contributed by atoms with van der Waals surface area (Å²) in [4.78, 5) is 2.36. The van der Waals surface area contributed by atoms with Gasteiger partial charge in [0.05, 0.1) is 0 Å². The predicted octanol–water partition coefficient (Wildman–Crippen LogP) is 16.5. The van der Waals surface area contributed by atoms with Gasteiger partial charge in [-0.2, -0.15) is 0 Å². The average Bonchev–Trinajstić information content (AvgIpc) is 3.77. The van der Waals surface area contributed by atoms with E-state index in [-0.39, 0.29) is 0 Å². The van der Waals surface area contributed by atoms with Crippen LogP contribution >= 0.6 is 0 Å². The SMILES string of the molecule is c1ccc(-c2cccc(N(c3ccc(-c4ccc(-c5ccccc5-c5cc6ccccc6o5)cc4)cc3)c3ccc(-c4cc5ccccc5c5ccccc45)cc3)c2)cc1. The molecule has 0 aliphatic rings. The lowest BCUT2D eigenvalue weighted by atomic mass is 9.93. The molecule has 0 aliphatic carbocycles. The number of rotatable bonds is 8. The zero-order valence-electron chi connectivity index (χ0n) is 32.9. The standard InChI is InChI=1S/C58H39NO/c1-2-13-40(14-3-1)45-17-12-18-50(37-45)59(49-35-31-44(32-36-49)56-38-46-15-4-6-20-52(46)53-21-8-9-22-54(53)56)48-33-29-42(30-34-48)41-25-27-43(28-26-41)51-19-7-10-23-55(51)58-39-47-16-5-11-24-57(47)60-58/h1-39H.